The SMILES string of the molecule is CCCCCCCCC(/C=C/CCCCCCC(=O)OC)OO. The van der Waals surface area contributed by atoms with E-state index in [1.807, 2.05) is 6.08 Å². The van der Waals surface area contributed by atoms with Crippen LogP contribution >= 0.6 is 0 Å². The topological polar surface area (TPSA) is 55.8 Å². The molecule has 0 aromatic rings. The predicted octanol–water partition coefficient (Wildman–Crippen LogP) is 5.67. The molecular weight excluding hydrogens is 292 g/mol. The van der Waals surface area contributed by atoms with E-state index in [-0.39, 0.29) is 12.1 Å². The first-order valence-electron chi connectivity index (χ1n) is 9.28. The van der Waals surface area contributed by atoms with Crippen LogP contribution in [-0.4, -0.2) is 24.4 Å². The van der Waals surface area contributed by atoms with E-state index in [9.17, 15) is 4.79 Å². The maximum Gasteiger partial charge on any atom is 0.305 e. The zero-order valence-electron chi connectivity index (χ0n) is 15.1. The average molecular weight is 328 g/mol. The van der Waals surface area contributed by atoms with Crippen molar-refractivity contribution in [3.63, 3.8) is 0 Å². The van der Waals surface area contributed by atoms with E-state index < -0.39 is 0 Å². The molecule has 0 heterocycles. The van der Waals surface area contributed by atoms with Gasteiger partial charge in [-0.05, 0) is 25.7 Å². The third-order valence-corrected chi connectivity index (χ3v) is 4.06. The highest BCUT2D eigenvalue weighted by atomic mass is 17.1. The first-order chi connectivity index (χ1) is 11.2. The highest BCUT2D eigenvalue weighted by Crippen LogP contribution is 2.12. The number of carbonyl (C=O) groups excluding carboxylic acids is 1. The number of unbranched alkanes of at least 4 members (excludes halogenated alkanes) is 9. The Hall–Kier alpha value is -0.870. The Morgan fingerprint density at radius 2 is 1.65 bits per heavy atom. The van der Waals surface area contributed by atoms with Crippen LogP contribution in [0.15, 0.2) is 12.2 Å². The standard InChI is InChI=1S/C19H36O4/c1-3-4-5-6-9-12-15-18(23-21)16-13-10-7-8-11-14-17-19(20)22-2/h13,16,18,21H,3-12,14-15,17H2,1-2H3/b16-13+. The molecule has 0 amide bonds. The van der Waals surface area contributed by atoms with Crippen LogP contribution in [0.1, 0.15) is 90.4 Å². The minimum absolute atomic E-state index is 0.123. The van der Waals surface area contributed by atoms with Crippen LogP contribution < -0.4 is 0 Å². The van der Waals surface area contributed by atoms with Crippen LogP contribution in [-0.2, 0) is 14.4 Å². The molecule has 4 nitrogen and oxygen atoms in total. The maximum absolute atomic E-state index is 10.9. The molecule has 0 spiro atoms. The Bertz CT molecular complexity index is 289. The van der Waals surface area contributed by atoms with Crippen LogP contribution in [0.4, 0.5) is 0 Å². The van der Waals surface area contributed by atoms with Crippen molar-refractivity contribution in [2.45, 2.75) is 96.5 Å². The van der Waals surface area contributed by atoms with Crippen LogP contribution in [0.2, 0.25) is 0 Å². The second kappa shape index (κ2) is 17.5. The van der Waals surface area contributed by atoms with Crippen LogP contribution in [0.25, 0.3) is 0 Å². The molecule has 0 radical (unpaired) electrons. The van der Waals surface area contributed by atoms with Gasteiger partial charge in [0, 0.05) is 6.42 Å². The molecule has 0 fully saturated rings. The summed E-state index contributed by atoms with van der Waals surface area (Å²) in [6, 6.07) is 0. The largest absolute Gasteiger partial charge is 0.469 e. The number of allylic oxidation sites excluding steroid dienone is 1. The van der Waals surface area contributed by atoms with Gasteiger partial charge in [0.25, 0.3) is 0 Å². The lowest BCUT2D eigenvalue weighted by Gasteiger charge is -2.08. The summed E-state index contributed by atoms with van der Waals surface area (Å²) in [7, 11) is 1.43. The van der Waals surface area contributed by atoms with E-state index in [2.05, 4.69) is 22.6 Å². The van der Waals surface area contributed by atoms with Crippen LogP contribution in [0.3, 0.4) is 0 Å². The Morgan fingerprint density at radius 3 is 2.35 bits per heavy atom. The number of carbonyl (C=O) groups is 1. The van der Waals surface area contributed by atoms with E-state index in [1.165, 1.54) is 39.2 Å². The molecule has 1 unspecified atom stereocenters. The van der Waals surface area contributed by atoms with Gasteiger partial charge >= 0.3 is 5.97 Å². The van der Waals surface area contributed by atoms with Crippen molar-refractivity contribution in [1.29, 1.82) is 0 Å². The smallest absolute Gasteiger partial charge is 0.305 e. The van der Waals surface area contributed by atoms with Crippen LogP contribution in [0.5, 0.6) is 0 Å². The minimum atomic E-state index is -0.166. The second-order valence-corrected chi connectivity index (χ2v) is 6.16. The first kappa shape index (κ1) is 22.1. The van der Waals surface area contributed by atoms with Gasteiger partial charge in [0.05, 0.1) is 7.11 Å². The van der Waals surface area contributed by atoms with Crippen molar-refractivity contribution < 1.29 is 19.7 Å². The van der Waals surface area contributed by atoms with Gasteiger partial charge < -0.3 is 4.74 Å². The quantitative estimate of drug-likeness (QED) is 0.130. The Kier molecular flexibility index (Phi) is 16.8. The number of methoxy groups -OCH3 is 1. The summed E-state index contributed by atoms with van der Waals surface area (Å²) >= 11 is 0. The third kappa shape index (κ3) is 15.8. The van der Waals surface area contributed by atoms with Crippen molar-refractivity contribution in [3.8, 4) is 0 Å². The first-order valence-corrected chi connectivity index (χ1v) is 9.28. The van der Waals surface area contributed by atoms with E-state index in [0.29, 0.717) is 6.42 Å². The lowest BCUT2D eigenvalue weighted by Crippen LogP contribution is -2.06. The molecule has 0 aliphatic rings. The van der Waals surface area contributed by atoms with Crippen molar-refractivity contribution in [1.82, 2.24) is 0 Å². The zero-order valence-corrected chi connectivity index (χ0v) is 15.1. The molecular formula is C19H36O4. The highest BCUT2D eigenvalue weighted by Gasteiger charge is 2.04. The second-order valence-electron chi connectivity index (χ2n) is 6.16. The van der Waals surface area contributed by atoms with Gasteiger partial charge in [-0.3, -0.25) is 10.1 Å². The van der Waals surface area contributed by atoms with Crippen LogP contribution in [0, 0.1) is 0 Å². The summed E-state index contributed by atoms with van der Waals surface area (Å²) in [6.07, 6.45) is 18.0. The van der Waals surface area contributed by atoms with Crippen molar-refractivity contribution >= 4 is 5.97 Å². The molecule has 1 N–H and O–H groups in total. The fraction of sp³-hybridized carbons (Fsp3) is 0.842. The molecule has 0 rings (SSSR count). The minimum Gasteiger partial charge on any atom is -0.469 e. The molecule has 0 saturated heterocycles. The Morgan fingerprint density at radius 1 is 1.00 bits per heavy atom. The Balaban J connectivity index is 3.49. The summed E-state index contributed by atoms with van der Waals surface area (Å²) in [5.74, 6) is -0.123. The molecule has 0 aromatic heterocycles. The summed E-state index contributed by atoms with van der Waals surface area (Å²) in [6.45, 7) is 2.22. The van der Waals surface area contributed by atoms with Crippen molar-refractivity contribution in [3.05, 3.63) is 12.2 Å². The van der Waals surface area contributed by atoms with Gasteiger partial charge in [-0.2, -0.15) is 0 Å². The molecule has 0 saturated carbocycles. The summed E-state index contributed by atoms with van der Waals surface area (Å²) in [5, 5.41) is 8.92. The van der Waals surface area contributed by atoms with E-state index >= 15 is 0 Å². The normalized spacial score (nSPS) is 12.7. The number of hydrogen-bond acceptors (Lipinski definition) is 4. The van der Waals surface area contributed by atoms with Gasteiger partial charge in [-0.1, -0.05) is 70.4 Å². The lowest BCUT2D eigenvalue weighted by molar-refractivity contribution is -0.267. The number of esters is 1. The zero-order chi connectivity index (χ0) is 17.2. The van der Waals surface area contributed by atoms with Gasteiger partial charge in [0.2, 0.25) is 0 Å². The maximum atomic E-state index is 10.9. The molecule has 136 valence electrons. The number of ether oxygens (including phenoxy) is 1. The molecule has 0 aliphatic heterocycles. The summed E-state index contributed by atoms with van der Waals surface area (Å²) in [5.41, 5.74) is 0. The number of rotatable bonds is 16. The molecule has 4 heteroatoms. The number of hydrogen-bond donors (Lipinski definition) is 1. The van der Waals surface area contributed by atoms with Gasteiger partial charge in [0.15, 0.2) is 0 Å². The van der Waals surface area contributed by atoms with Crippen molar-refractivity contribution in [2.75, 3.05) is 7.11 Å². The average Bonchev–Trinajstić information content (AvgIpc) is 2.57. The van der Waals surface area contributed by atoms with E-state index in [1.54, 1.807) is 0 Å². The van der Waals surface area contributed by atoms with E-state index in [4.69, 9.17) is 5.26 Å². The summed E-state index contributed by atoms with van der Waals surface area (Å²) < 4.78 is 4.61. The molecule has 0 aliphatic carbocycles. The third-order valence-electron chi connectivity index (χ3n) is 4.06. The summed E-state index contributed by atoms with van der Waals surface area (Å²) in [4.78, 5) is 15.5. The predicted molar refractivity (Wildman–Crippen MR) is 94.4 cm³/mol. The van der Waals surface area contributed by atoms with Gasteiger partial charge in [-0.15, -0.1) is 0 Å². The molecule has 0 aromatic carbocycles. The van der Waals surface area contributed by atoms with Crippen molar-refractivity contribution in [2.24, 2.45) is 0 Å². The fourth-order valence-corrected chi connectivity index (χ4v) is 2.55. The highest BCUT2D eigenvalue weighted by molar-refractivity contribution is 5.68. The monoisotopic (exact) mass is 328 g/mol. The van der Waals surface area contributed by atoms with E-state index in [0.717, 1.165) is 44.9 Å². The molecule has 23 heavy (non-hydrogen) atoms. The lowest BCUT2D eigenvalue weighted by atomic mass is 10.1. The van der Waals surface area contributed by atoms with Gasteiger partial charge in [0.1, 0.15) is 6.10 Å². The fourth-order valence-electron chi connectivity index (χ4n) is 2.55. The Labute approximate surface area is 142 Å². The molecule has 0 bridgehead atoms. The molecule has 1 atom stereocenters. The van der Waals surface area contributed by atoms with Gasteiger partial charge in [-0.25, -0.2) is 4.89 Å².